The molecule has 1 N–H and O–H groups in total. The molecule has 8 heteroatoms. The SMILES string of the molecule is CCOCCCc1ccc2c(c1)C1(NC(=S)N(CC(F)F)C1=O)[C@]1(CC[C@H](OC)CC1)C2. The molecule has 0 aromatic heterocycles. The van der Waals surface area contributed by atoms with Crippen molar-refractivity contribution in [2.75, 3.05) is 26.9 Å². The highest BCUT2D eigenvalue weighted by atomic mass is 32.1. The van der Waals surface area contributed by atoms with Crippen molar-refractivity contribution in [2.45, 2.75) is 69.9 Å². The molecule has 1 aliphatic heterocycles. The van der Waals surface area contributed by atoms with E-state index in [0.29, 0.717) is 13.2 Å². The second-order valence-corrected chi connectivity index (χ2v) is 9.56. The van der Waals surface area contributed by atoms with E-state index in [1.165, 1.54) is 0 Å². The number of halogens is 2. The van der Waals surface area contributed by atoms with Gasteiger partial charge in [0.1, 0.15) is 0 Å². The number of amides is 1. The van der Waals surface area contributed by atoms with Gasteiger partial charge >= 0.3 is 0 Å². The first-order valence-electron chi connectivity index (χ1n) is 11.5. The van der Waals surface area contributed by atoms with Crippen molar-refractivity contribution in [2.24, 2.45) is 5.41 Å². The Labute approximate surface area is 193 Å². The van der Waals surface area contributed by atoms with Crippen LogP contribution in [0.5, 0.6) is 0 Å². The Kier molecular flexibility index (Phi) is 6.84. The molecular formula is C24H32F2N2O3S. The number of carbonyl (C=O) groups excluding carboxylic acids is 1. The van der Waals surface area contributed by atoms with Crippen molar-refractivity contribution >= 4 is 23.2 Å². The van der Waals surface area contributed by atoms with Gasteiger partial charge in [-0.3, -0.25) is 9.69 Å². The number of carbonyl (C=O) groups is 1. The lowest BCUT2D eigenvalue weighted by Crippen LogP contribution is -2.57. The standard InChI is InChI=1S/C24H32F2N2O3S/c1-3-31-12-4-5-16-6-7-17-14-23(10-8-18(30-2)9-11-23)24(19(17)13-16)21(29)28(15-20(25)26)22(32)27-24/h6-7,13,18,20H,3-5,8-12,14-15H2,1-2H3,(H,27,32)/t18-,23-,24?. The van der Waals surface area contributed by atoms with Crippen LogP contribution in [0, 0.1) is 5.41 Å². The molecule has 1 saturated heterocycles. The summed E-state index contributed by atoms with van der Waals surface area (Å²) in [7, 11) is 1.72. The molecule has 2 aliphatic carbocycles. The minimum atomic E-state index is -2.64. The fourth-order valence-corrected chi connectivity index (χ4v) is 6.25. The number of fused-ring (bicyclic) bond motifs is 3. The fourth-order valence-electron chi connectivity index (χ4n) is 5.94. The summed E-state index contributed by atoms with van der Waals surface area (Å²) in [5, 5.41) is 3.41. The van der Waals surface area contributed by atoms with Crippen molar-refractivity contribution in [1.29, 1.82) is 0 Å². The topological polar surface area (TPSA) is 50.8 Å². The maximum absolute atomic E-state index is 13.9. The van der Waals surface area contributed by atoms with Crippen LogP contribution in [-0.2, 0) is 32.6 Å². The zero-order valence-electron chi connectivity index (χ0n) is 18.8. The number of rotatable bonds is 8. The summed E-state index contributed by atoms with van der Waals surface area (Å²) in [6, 6.07) is 6.32. The smallest absolute Gasteiger partial charge is 0.259 e. The van der Waals surface area contributed by atoms with E-state index in [-0.39, 0.29) is 17.1 Å². The van der Waals surface area contributed by atoms with E-state index in [1.54, 1.807) is 7.11 Å². The number of benzene rings is 1. The lowest BCUT2D eigenvalue weighted by molar-refractivity contribution is -0.139. The first-order chi connectivity index (χ1) is 15.4. The molecule has 3 aliphatic rings. The summed E-state index contributed by atoms with van der Waals surface area (Å²) >= 11 is 5.42. The highest BCUT2D eigenvalue weighted by Gasteiger charge is 2.67. The first kappa shape index (κ1) is 23.5. The van der Waals surface area contributed by atoms with Gasteiger partial charge in [0.15, 0.2) is 10.7 Å². The van der Waals surface area contributed by atoms with Gasteiger partial charge in [-0.2, -0.15) is 0 Å². The van der Waals surface area contributed by atoms with Crippen LogP contribution >= 0.6 is 12.2 Å². The molecule has 2 spiro atoms. The molecule has 1 amide bonds. The van der Waals surface area contributed by atoms with E-state index in [2.05, 4.69) is 23.5 Å². The third-order valence-corrected chi connectivity index (χ3v) is 7.83. The van der Waals surface area contributed by atoms with Crippen molar-refractivity contribution in [3.8, 4) is 0 Å². The van der Waals surface area contributed by atoms with Gasteiger partial charge in [0.2, 0.25) is 0 Å². The maximum Gasteiger partial charge on any atom is 0.259 e. The Hall–Kier alpha value is -1.64. The zero-order valence-corrected chi connectivity index (χ0v) is 19.6. The molecule has 2 fully saturated rings. The van der Waals surface area contributed by atoms with Gasteiger partial charge in [0.05, 0.1) is 12.6 Å². The molecule has 1 heterocycles. The fraction of sp³-hybridized carbons (Fsp3) is 0.667. The molecule has 0 radical (unpaired) electrons. The maximum atomic E-state index is 13.9. The normalized spacial score (nSPS) is 29.4. The summed E-state index contributed by atoms with van der Waals surface area (Å²) in [5.74, 6) is -0.330. The van der Waals surface area contributed by atoms with E-state index in [4.69, 9.17) is 21.7 Å². The summed E-state index contributed by atoms with van der Waals surface area (Å²) in [4.78, 5) is 14.9. The quantitative estimate of drug-likeness (QED) is 0.464. The average molecular weight is 467 g/mol. The van der Waals surface area contributed by atoms with E-state index in [1.807, 2.05) is 6.92 Å². The highest BCUT2D eigenvalue weighted by Crippen LogP contribution is 2.60. The van der Waals surface area contributed by atoms with Crippen molar-refractivity contribution in [1.82, 2.24) is 10.2 Å². The first-order valence-corrected chi connectivity index (χ1v) is 11.9. The van der Waals surface area contributed by atoms with E-state index in [0.717, 1.165) is 66.5 Å². The number of ether oxygens (including phenoxy) is 2. The number of aryl methyl sites for hydroxylation is 1. The number of hydrogen-bond donors (Lipinski definition) is 1. The molecule has 4 rings (SSSR count). The number of thiocarbonyl (C=S) groups is 1. The Bertz CT molecular complexity index is 873. The van der Waals surface area contributed by atoms with Crippen LogP contribution < -0.4 is 5.32 Å². The average Bonchev–Trinajstić information content (AvgIpc) is 3.18. The largest absolute Gasteiger partial charge is 0.382 e. The zero-order chi connectivity index (χ0) is 22.9. The number of hydrogen-bond acceptors (Lipinski definition) is 4. The van der Waals surface area contributed by atoms with Crippen LogP contribution in [0.4, 0.5) is 8.78 Å². The summed E-state index contributed by atoms with van der Waals surface area (Å²) in [6.07, 6.45) is 3.22. The number of methoxy groups -OCH3 is 1. The second kappa shape index (κ2) is 9.31. The van der Waals surface area contributed by atoms with E-state index < -0.39 is 23.9 Å². The van der Waals surface area contributed by atoms with Crippen LogP contribution in [0.15, 0.2) is 18.2 Å². The second-order valence-electron chi connectivity index (χ2n) is 9.17. The molecule has 1 unspecified atom stereocenters. The van der Waals surface area contributed by atoms with Crippen LogP contribution in [0.2, 0.25) is 0 Å². The monoisotopic (exact) mass is 466 g/mol. The van der Waals surface area contributed by atoms with Crippen LogP contribution in [0.25, 0.3) is 0 Å². The molecule has 0 bridgehead atoms. The lowest BCUT2D eigenvalue weighted by Gasteiger charge is -2.46. The van der Waals surface area contributed by atoms with Gasteiger partial charge in [0, 0.05) is 25.7 Å². The molecule has 1 atom stereocenters. The molecule has 1 aromatic carbocycles. The van der Waals surface area contributed by atoms with Gasteiger partial charge < -0.3 is 14.8 Å². The Morgan fingerprint density at radius 3 is 2.72 bits per heavy atom. The van der Waals surface area contributed by atoms with E-state index in [9.17, 15) is 13.6 Å². The van der Waals surface area contributed by atoms with Crippen molar-refractivity contribution < 1.29 is 23.0 Å². The van der Waals surface area contributed by atoms with Crippen LogP contribution in [0.1, 0.15) is 55.7 Å². The molecule has 32 heavy (non-hydrogen) atoms. The van der Waals surface area contributed by atoms with Crippen LogP contribution in [0.3, 0.4) is 0 Å². The summed E-state index contributed by atoms with van der Waals surface area (Å²) < 4.78 is 37.6. The van der Waals surface area contributed by atoms with Gasteiger partial charge in [-0.25, -0.2) is 8.78 Å². The molecule has 176 valence electrons. The Morgan fingerprint density at radius 1 is 1.31 bits per heavy atom. The van der Waals surface area contributed by atoms with Crippen molar-refractivity contribution in [3.63, 3.8) is 0 Å². The van der Waals surface area contributed by atoms with Gasteiger partial charge in [-0.05, 0) is 80.8 Å². The molecule has 1 aromatic rings. The van der Waals surface area contributed by atoms with Gasteiger partial charge in [-0.1, -0.05) is 18.2 Å². The third-order valence-electron chi connectivity index (χ3n) is 7.51. The predicted octanol–water partition coefficient (Wildman–Crippen LogP) is 3.96. The van der Waals surface area contributed by atoms with Gasteiger partial charge in [-0.15, -0.1) is 0 Å². The highest BCUT2D eigenvalue weighted by molar-refractivity contribution is 7.80. The Balaban J connectivity index is 1.72. The van der Waals surface area contributed by atoms with Gasteiger partial charge in [0.25, 0.3) is 12.3 Å². The van der Waals surface area contributed by atoms with Crippen molar-refractivity contribution in [3.05, 3.63) is 34.9 Å². The van der Waals surface area contributed by atoms with Crippen LogP contribution in [-0.4, -0.2) is 55.3 Å². The summed E-state index contributed by atoms with van der Waals surface area (Å²) in [6.45, 7) is 2.67. The predicted molar refractivity (Wildman–Crippen MR) is 122 cm³/mol. The lowest BCUT2D eigenvalue weighted by atomic mass is 9.61. The number of alkyl halides is 2. The molecular weight excluding hydrogens is 434 g/mol. The summed E-state index contributed by atoms with van der Waals surface area (Å²) in [5.41, 5.74) is 1.66. The minimum absolute atomic E-state index is 0.109. The number of nitrogens with one attached hydrogen (secondary N) is 1. The Morgan fingerprint density at radius 2 is 2.06 bits per heavy atom. The minimum Gasteiger partial charge on any atom is -0.382 e. The third kappa shape index (κ3) is 3.84. The molecule has 5 nitrogen and oxygen atoms in total. The molecule has 1 saturated carbocycles. The number of nitrogens with zero attached hydrogens (tertiary/aromatic N) is 1. The van der Waals surface area contributed by atoms with E-state index >= 15 is 0 Å².